The molecule has 0 fully saturated rings. The van der Waals surface area contributed by atoms with E-state index >= 15 is 0 Å². The Morgan fingerprint density at radius 3 is 2.20 bits per heavy atom. The zero-order valence-electron chi connectivity index (χ0n) is 10.5. The fourth-order valence-corrected chi connectivity index (χ4v) is 1.77. The number of aryl methyl sites for hydroxylation is 1. The standard InChI is InChI=1S/C12H22N2O/c1-6-8-9-11(15)10(7-2)14(13-9)12(3,4)5/h15H,6-8H2,1-5H3. The zero-order valence-corrected chi connectivity index (χ0v) is 10.5. The lowest BCUT2D eigenvalue weighted by Crippen LogP contribution is -2.25. The van der Waals surface area contributed by atoms with Gasteiger partial charge in [-0.25, -0.2) is 0 Å². The first-order chi connectivity index (χ1) is 6.91. The second-order valence-corrected chi connectivity index (χ2v) is 4.93. The van der Waals surface area contributed by atoms with Crippen LogP contribution in [0.3, 0.4) is 0 Å². The molecule has 0 aliphatic rings. The van der Waals surface area contributed by atoms with Gasteiger partial charge in [0.25, 0.3) is 0 Å². The molecule has 3 nitrogen and oxygen atoms in total. The van der Waals surface area contributed by atoms with Crippen molar-refractivity contribution in [1.29, 1.82) is 0 Å². The van der Waals surface area contributed by atoms with Gasteiger partial charge in [0, 0.05) is 0 Å². The highest BCUT2D eigenvalue weighted by Crippen LogP contribution is 2.28. The lowest BCUT2D eigenvalue weighted by atomic mass is 10.1. The monoisotopic (exact) mass is 210 g/mol. The van der Waals surface area contributed by atoms with Gasteiger partial charge in [-0.15, -0.1) is 0 Å². The molecule has 86 valence electrons. The third-order valence-electron chi connectivity index (χ3n) is 2.48. The molecule has 1 rings (SSSR count). The Hall–Kier alpha value is -0.990. The van der Waals surface area contributed by atoms with E-state index in [-0.39, 0.29) is 5.54 Å². The van der Waals surface area contributed by atoms with Gasteiger partial charge in [-0.05, 0) is 33.6 Å². The van der Waals surface area contributed by atoms with Crippen molar-refractivity contribution in [2.45, 2.75) is 59.4 Å². The molecule has 1 aromatic heterocycles. The first-order valence-electron chi connectivity index (χ1n) is 5.72. The summed E-state index contributed by atoms with van der Waals surface area (Å²) in [7, 11) is 0. The molecular formula is C12H22N2O. The van der Waals surface area contributed by atoms with Crippen molar-refractivity contribution in [3.05, 3.63) is 11.4 Å². The molecule has 0 bridgehead atoms. The summed E-state index contributed by atoms with van der Waals surface area (Å²) in [5.41, 5.74) is 1.73. The van der Waals surface area contributed by atoms with Crippen molar-refractivity contribution < 1.29 is 5.11 Å². The van der Waals surface area contributed by atoms with E-state index in [1.54, 1.807) is 0 Å². The van der Waals surface area contributed by atoms with Crippen LogP contribution in [0.2, 0.25) is 0 Å². The highest BCUT2D eigenvalue weighted by molar-refractivity contribution is 5.33. The minimum absolute atomic E-state index is 0.0607. The number of hydrogen-bond acceptors (Lipinski definition) is 2. The lowest BCUT2D eigenvalue weighted by Gasteiger charge is -2.21. The van der Waals surface area contributed by atoms with Crippen molar-refractivity contribution in [3.63, 3.8) is 0 Å². The van der Waals surface area contributed by atoms with Crippen LogP contribution in [0.5, 0.6) is 5.75 Å². The summed E-state index contributed by atoms with van der Waals surface area (Å²) in [4.78, 5) is 0. The van der Waals surface area contributed by atoms with E-state index < -0.39 is 0 Å². The summed E-state index contributed by atoms with van der Waals surface area (Å²) in [6.07, 6.45) is 2.68. The Kier molecular flexibility index (Phi) is 3.42. The van der Waals surface area contributed by atoms with Gasteiger partial charge in [0.2, 0.25) is 0 Å². The van der Waals surface area contributed by atoms with Gasteiger partial charge in [0.15, 0.2) is 5.75 Å². The van der Waals surface area contributed by atoms with E-state index in [0.717, 1.165) is 30.7 Å². The maximum absolute atomic E-state index is 10.0. The van der Waals surface area contributed by atoms with Gasteiger partial charge in [-0.1, -0.05) is 20.3 Å². The summed E-state index contributed by atoms with van der Waals surface area (Å²) in [5.74, 6) is 0.397. The van der Waals surface area contributed by atoms with Crippen LogP contribution in [0.15, 0.2) is 0 Å². The average Bonchev–Trinajstić information content (AvgIpc) is 2.44. The minimum atomic E-state index is -0.0607. The molecule has 1 N–H and O–H groups in total. The van der Waals surface area contributed by atoms with Gasteiger partial charge < -0.3 is 5.11 Å². The number of nitrogens with zero attached hydrogens (tertiary/aromatic N) is 2. The van der Waals surface area contributed by atoms with Crippen molar-refractivity contribution in [2.24, 2.45) is 0 Å². The third kappa shape index (κ3) is 2.33. The predicted molar refractivity (Wildman–Crippen MR) is 62.3 cm³/mol. The summed E-state index contributed by atoms with van der Waals surface area (Å²) < 4.78 is 1.95. The summed E-state index contributed by atoms with van der Waals surface area (Å²) in [5, 5.41) is 14.5. The number of aromatic hydroxyl groups is 1. The Labute approximate surface area is 92.1 Å². The predicted octanol–water partition coefficient (Wildman–Crippen LogP) is 2.86. The van der Waals surface area contributed by atoms with E-state index in [0.29, 0.717) is 5.75 Å². The smallest absolute Gasteiger partial charge is 0.160 e. The van der Waals surface area contributed by atoms with Gasteiger partial charge >= 0.3 is 0 Å². The zero-order chi connectivity index (χ0) is 11.6. The molecule has 0 spiro atoms. The topological polar surface area (TPSA) is 38.0 Å². The molecule has 0 radical (unpaired) electrons. The van der Waals surface area contributed by atoms with Crippen molar-refractivity contribution in [2.75, 3.05) is 0 Å². The van der Waals surface area contributed by atoms with E-state index in [9.17, 15) is 5.11 Å². The Balaban J connectivity index is 3.22. The number of hydrogen-bond donors (Lipinski definition) is 1. The van der Waals surface area contributed by atoms with E-state index in [2.05, 4.69) is 39.7 Å². The molecule has 0 amide bonds. The molecule has 0 saturated carbocycles. The Morgan fingerprint density at radius 1 is 1.27 bits per heavy atom. The Morgan fingerprint density at radius 2 is 1.87 bits per heavy atom. The van der Waals surface area contributed by atoms with Crippen LogP contribution in [0.25, 0.3) is 0 Å². The van der Waals surface area contributed by atoms with Gasteiger partial charge in [0.1, 0.15) is 5.69 Å². The molecular weight excluding hydrogens is 188 g/mol. The second kappa shape index (κ2) is 4.25. The first-order valence-corrected chi connectivity index (χ1v) is 5.72. The van der Waals surface area contributed by atoms with E-state index in [1.807, 2.05) is 4.68 Å². The molecule has 0 saturated heterocycles. The molecule has 0 atom stereocenters. The SMILES string of the molecule is CCCc1nn(C(C)(C)C)c(CC)c1O. The molecule has 1 aromatic rings. The second-order valence-electron chi connectivity index (χ2n) is 4.93. The highest BCUT2D eigenvalue weighted by Gasteiger charge is 2.22. The van der Waals surface area contributed by atoms with E-state index in [4.69, 9.17) is 0 Å². The molecule has 3 heteroatoms. The van der Waals surface area contributed by atoms with Crippen LogP contribution in [0.4, 0.5) is 0 Å². The lowest BCUT2D eigenvalue weighted by molar-refractivity contribution is 0.339. The average molecular weight is 210 g/mol. The van der Waals surface area contributed by atoms with Crippen LogP contribution < -0.4 is 0 Å². The summed E-state index contributed by atoms with van der Waals surface area (Å²) in [6, 6.07) is 0. The third-order valence-corrected chi connectivity index (χ3v) is 2.48. The summed E-state index contributed by atoms with van der Waals surface area (Å²) >= 11 is 0. The normalized spacial score (nSPS) is 12.1. The minimum Gasteiger partial charge on any atom is -0.504 e. The van der Waals surface area contributed by atoms with Crippen molar-refractivity contribution in [1.82, 2.24) is 9.78 Å². The molecule has 0 unspecified atom stereocenters. The van der Waals surface area contributed by atoms with Gasteiger partial charge in [0.05, 0.1) is 11.2 Å². The molecule has 0 aromatic carbocycles. The van der Waals surface area contributed by atoms with Crippen LogP contribution in [0.1, 0.15) is 52.4 Å². The molecule has 1 heterocycles. The molecule has 15 heavy (non-hydrogen) atoms. The fraction of sp³-hybridized carbons (Fsp3) is 0.750. The highest BCUT2D eigenvalue weighted by atomic mass is 16.3. The largest absolute Gasteiger partial charge is 0.504 e. The van der Waals surface area contributed by atoms with Gasteiger partial charge in [-0.3, -0.25) is 4.68 Å². The molecule has 0 aliphatic heterocycles. The Bertz CT molecular complexity index is 334. The van der Waals surface area contributed by atoms with Crippen LogP contribution in [0, 0.1) is 0 Å². The molecule has 0 aliphatic carbocycles. The number of rotatable bonds is 3. The van der Waals surface area contributed by atoms with Crippen LogP contribution in [-0.4, -0.2) is 14.9 Å². The van der Waals surface area contributed by atoms with Crippen molar-refractivity contribution >= 4 is 0 Å². The van der Waals surface area contributed by atoms with E-state index in [1.165, 1.54) is 0 Å². The van der Waals surface area contributed by atoms with Crippen LogP contribution in [-0.2, 0) is 18.4 Å². The summed E-state index contributed by atoms with van der Waals surface area (Å²) in [6.45, 7) is 10.5. The van der Waals surface area contributed by atoms with Gasteiger partial charge in [-0.2, -0.15) is 5.10 Å². The van der Waals surface area contributed by atoms with Crippen molar-refractivity contribution in [3.8, 4) is 5.75 Å². The maximum Gasteiger partial charge on any atom is 0.160 e. The maximum atomic E-state index is 10.0. The van der Waals surface area contributed by atoms with Crippen LogP contribution >= 0.6 is 0 Å². The fourth-order valence-electron chi connectivity index (χ4n) is 1.77. The first kappa shape index (κ1) is 12.1. The quantitative estimate of drug-likeness (QED) is 0.833. The number of aromatic nitrogens is 2.